The minimum Gasteiger partial charge on any atom is -0.480 e. The van der Waals surface area contributed by atoms with Crippen molar-refractivity contribution < 1.29 is 14.7 Å². The Hall–Kier alpha value is -2.92. The first-order valence-corrected chi connectivity index (χ1v) is 9.97. The molecule has 0 saturated heterocycles. The zero-order valence-corrected chi connectivity index (χ0v) is 17.0. The van der Waals surface area contributed by atoms with Gasteiger partial charge in [-0.2, -0.15) is 11.3 Å². The van der Waals surface area contributed by atoms with Gasteiger partial charge in [0.15, 0.2) is 0 Å². The summed E-state index contributed by atoms with van der Waals surface area (Å²) in [5, 5.41) is 16.6. The fourth-order valence-corrected chi connectivity index (χ4v) is 3.92. The van der Waals surface area contributed by atoms with Gasteiger partial charge in [-0.15, -0.1) is 0 Å². The molecule has 4 nitrogen and oxygen atoms in total. The summed E-state index contributed by atoms with van der Waals surface area (Å²) < 4.78 is 0. The third-order valence-electron chi connectivity index (χ3n) is 4.71. The van der Waals surface area contributed by atoms with Gasteiger partial charge in [-0.05, 0) is 66.4 Å². The van der Waals surface area contributed by atoms with E-state index in [9.17, 15) is 14.7 Å². The monoisotopic (exact) mass is 393 g/mol. The van der Waals surface area contributed by atoms with Crippen LogP contribution in [0.25, 0.3) is 11.1 Å². The first kappa shape index (κ1) is 19.8. The van der Waals surface area contributed by atoms with E-state index in [0.29, 0.717) is 5.56 Å². The van der Waals surface area contributed by atoms with E-state index < -0.39 is 11.5 Å². The summed E-state index contributed by atoms with van der Waals surface area (Å²) in [5.41, 5.74) is 4.07. The van der Waals surface area contributed by atoms with Crippen LogP contribution in [-0.2, 0) is 11.2 Å². The number of rotatable bonds is 6. The normalized spacial score (nSPS) is 13.0. The van der Waals surface area contributed by atoms with E-state index in [1.54, 1.807) is 30.4 Å². The average Bonchev–Trinajstić information content (AvgIpc) is 3.16. The number of thiophene rings is 1. The average molecular weight is 394 g/mol. The minimum absolute atomic E-state index is 0.197. The maximum atomic E-state index is 12.7. The molecular formula is C23H23NO3S. The van der Waals surface area contributed by atoms with Crippen molar-refractivity contribution in [2.24, 2.45) is 0 Å². The lowest BCUT2D eigenvalue weighted by Crippen LogP contribution is -2.53. The standard InChI is InChI=1S/C23H23NO3S/c1-15-10-16(2)12-20(11-15)21(25)24-23(3,22(26)27)13-17-4-6-18(7-5-17)19-8-9-28-14-19/h4-12,14H,13H2,1-3H3,(H,24,25)(H,26,27)/t23-/m0/s1. The molecule has 28 heavy (non-hydrogen) atoms. The fourth-order valence-electron chi connectivity index (χ4n) is 3.25. The highest BCUT2D eigenvalue weighted by Crippen LogP contribution is 2.24. The molecule has 3 rings (SSSR count). The highest BCUT2D eigenvalue weighted by Gasteiger charge is 2.35. The van der Waals surface area contributed by atoms with E-state index in [1.165, 1.54) is 0 Å². The smallest absolute Gasteiger partial charge is 0.329 e. The minimum atomic E-state index is -1.40. The predicted octanol–water partition coefficient (Wildman–Crippen LogP) is 4.85. The van der Waals surface area contributed by atoms with E-state index in [4.69, 9.17) is 0 Å². The van der Waals surface area contributed by atoms with E-state index in [0.717, 1.165) is 27.8 Å². The molecule has 2 N–H and O–H groups in total. The van der Waals surface area contributed by atoms with Gasteiger partial charge in [0.1, 0.15) is 5.54 Å². The van der Waals surface area contributed by atoms with Gasteiger partial charge in [-0.25, -0.2) is 4.79 Å². The van der Waals surface area contributed by atoms with Gasteiger partial charge in [0, 0.05) is 12.0 Å². The van der Waals surface area contributed by atoms with E-state index >= 15 is 0 Å². The Kier molecular flexibility index (Phi) is 5.66. The summed E-state index contributed by atoms with van der Waals surface area (Å²) in [6.07, 6.45) is 0.197. The SMILES string of the molecule is Cc1cc(C)cc(C(=O)N[C@@](C)(Cc2ccc(-c3ccsc3)cc2)C(=O)O)c1. The Morgan fingerprint density at radius 1 is 1.00 bits per heavy atom. The number of nitrogens with one attached hydrogen (secondary N) is 1. The molecule has 1 heterocycles. The van der Waals surface area contributed by atoms with Crippen LogP contribution in [0.4, 0.5) is 0 Å². The van der Waals surface area contributed by atoms with E-state index in [1.807, 2.05) is 55.6 Å². The van der Waals surface area contributed by atoms with Crippen LogP contribution in [-0.4, -0.2) is 22.5 Å². The molecule has 1 aromatic heterocycles. The van der Waals surface area contributed by atoms with Gasteiger partial charge >= 0.3 is 5.97 Å². The number of aliphatic carboxylic acids is 1. The Morgan fingerprint density at radius 2 is 1.64 bits per heavy atom. The van der Waals surface area contributed by atoms with Crippen LogP contribution in [0.15, 0.2) is 59.3 Å². The summed E-state index contributed by atoms with van der Waals surface area (Å²) >= 11 is 1.63. The maximum Gasteiger partial charge on any atom is 0.329 e. The third kappa shape index (κ3) is 4.49. The molecule has 144 valence electrons. The second-order valence-corrected chi connectivity index (χ2v) is 8.13. The molecule has 0 aliphatic rings. The predicted molar refractivity (Wildman–Crippen MR) is 113 cm³/mol. The number of carbonyl (C=O) groups excluding carboxylic acids is 1. The van der Waals surface area contributed by atoms with Crippen LogP contribution in [0.5, 0.6) is 0 Å². The van der Waals surface area contributed by atoms with Gasteiger partial charge < -0.3 is 10.4 Å². The first-order valence-electron chi connectivity index (χ1n) is 9.02. The molecule has 0 bridgehead atoms. The highest BCUT2D eigenvalue weighted by atomic mass is 32.1. The number of hydrogen-bond donors (Lipinski definition) is 2. The quantitative estimate of drug-likeness (QED) is 0.629. The van der Waals surface area contributed by atoms with Crippen LogP contribution in [0.3, 0.4) is 0 Å². The molecule has 5 heteroatoms. The molecule has 0 radical (unpaired) electrons. The fraction of sp³-hybridized carbons (Fsp3) is 0.217. The molecule has 3 aromatic rings. The van der Waals surface area contributed by atoms with Crippen LogP contribution >= 0.6 is 11.3 Å². The second kappa shape index (κ2) is 7.98. The van der Waals surface area contributed by atoms with Crippen molar-refractivity contribution in [2.75, 3.05) is 0 Å². The van der Waals surface area contributed by atoms with Crippen molar-refractivity contribution in [3.05, 3.63) is 81.5 Å². The molecule has 0 spiro atoms. The highest BCUT2D eigenvalue weighted by molar-refractivity contribution is 7.08. The van der Waals surface area contributed by atoms with E-state index in [-0.39, 0.29) is 12.3 Å². The van der Waals surface area contributed by atoms with Crippen molar-refractivity contribution in [2.45, 2.75) is 32.7 Å². The van der Waals surface area contributed by atoms with E-state index in [2.05, 4.69) is 10.7 Å². The van der Waals surface area contributed by atoms with Crippen molar-refractivity contribution in [1.29, 1.82) is 0 Å². The molecule has 0 aliphatic carbocycles. The molecule has 1 amide bonds. The molecule has 0 aliphatic heterocycles. The zero-order valence-electron chi connectivity index (χ0n) is 16.2. The lowest BCUT2D eigenvalue weighted by Gasteiger charge is -2.26. The van der Waals surface area contributed by atoms with Crippen LogP contribution in [0.1, 0.15) is 34.0 Å². The van der Waals surface area contributed by atoms with Crippen molar-refractivity contribution in [3.8, 4) is 11.1 Å². The summed E-state index contributed by atoms with van der Waals surface area (Å²) in [4.78, 5) is 24.7. The van der Waals surface area contributed by atoms with Crippen molar-refractivity contribution in [1.82, 2.24) is 5.32 Å². The Labute approximate surface area is 168 Å². The summed E-state index contributed by atoms with van der Waals surface area (Å²) in [7, 11) is 0. The topological polar surface area (TPSA) is 66.4 Å². The lowest BCUT2D eigenvalue weighted by molar-refractivity contribution is -0.143. The van der Waals surface area contributed by atoms with Crippen LogP contribution < -0.4 is 5.32 Å². The molecular weight excluding hydrogens is 370 g/mol. The summed E-state index contributed by atoms with van der Waals surface area (Å²) in [6.45, 7) is 5.37. The number of aryl methyl sites for hydroxylation is 2. The van der Waals surface area contributed by atoms with Gasteiger partial charge in [0.05, 0.1) is 0 Å². The third-order valence-corrected chi connectivity index (χ3v) is 5.39. The van der Waals surface area contributed by atoms with Gasteiger partial charge in [0.25, 0.3) is 5.91 Å². The molecule has 0 saturated carbocycles. The molecule has 1 atom stereocenters. The number of benzene rings is 2. The van der Waals surface area contributed by atoms with Gasteiger partial charge in [-0.3, -0.25) is 4.79 Å². The lowest BCUT2D eigenvalue weighted by atomic mass is 9.91. The maximum absolute atomic E-state index is 12.7. The van der Waals surface area contributed by atoms with Crippen LogP contribution in [0.2, 0.25) is 0 Å². The first-order chi connectivity index (χ1) is 13.3. The number of carboxylic acids is 1. The summed E-state index contributed by atoms with van der Waals surface area (Å²) in [6, 6.07) is 15.3. The van der Waals surface area contributed by atoms with Crippen molar-refractivity contribution >= 4 is 23.2 Å². The number of hydrogen-bond acceptors (Lipinski definition) is 3. The molecule has 2 aromatic carbocycles. The van der Waals surface area contributed by atoms with Crippen molar-refractivity contribution in [3.63, 3.8) is 0 Å². The largest absolute Gasteiger partial charge is 0.480 e. The zero-order chi connectivity index (χ0) is 20.3. The molecule has 0 fully saturated rings. The van der Waals surface area contributed by atoms with Gasteiger partial charge in [0.2, 0.25) is 0 Å². The second-order valence-electron chi connectivity index (χ2n) is 7.35. The Bertz CT molecular complexity index is 973. The van der Waals surface area contributed by atoms with Gasteiger partial charge in [-0.1, -0.05) is 41.5 Å². The molecule has 0 unspecified atom stereocenters. The summed E-state index contributed by atoms with van der Waals surface area (Å²) in [5.74, 6) is -1.45. The number of carbonyl (C=O) groups is 2. The Morgan fingerprint density at radius 3 is 2.18 bits per heavy atom. The number of amides is 1. The Balaban J connectivity index is 1.79. The van der Waals surface area contributed by atoms with Crippen LogP contribution in [0, 0.1) is 13.8 Å². The number of carboxylic acid groups (broad SMARTS) is 1.